The summed E-state index contributed by atoms with van der Waals surface area (Å²) in [5.74, 6) is 0.269. The quantitative estimate of drug-likeness (QED) is 0.772. The second-order valence-electron chi connectivity index (χ2n) is 4.67. The summed E-state index contributed by atoms with van der Waals surface area (Å²) in [6.07, 6.45) is 4.36. The predicted molar refractivity (Wildman–Crippen MR) is 67.1 cm³/mol. The van der Waals surface area contributed by atoms with Gasteiger partial charge in [-0.2, -0.15) is 0 Å². The molecule has 2 rings (SSSR count). The lowest BCUT2D eigenvalue weighted by molar-refractivity contribution is 0.0917. The zero-order valence-corrected chi connectivity index (χ0v) is 10.6. The smallest absolute Gasteiger partial charge is 0.271 e. The van der Waals surface area contributed by atoms with E-state index in [4.69, 9.17) is 10.5 Å². The molecule has 3 N–H and O–H groups in total. The monoisotopic (exact) mass is 252 g/mol. The van der Waals surface area contributed by atoms with Crippen molar-refractivity contribution >= 4 is 5.91 Å². The van der Waals surface area contributed by atoms with Crippen molar-refractivity contribution in [2.75, 3.05) is 19.8 Å². The van der Waals surface area contributed by atoms with Crippen molar-refractivity contribution in [3.05, 3.63) is 18.2 Å². The van der Waals surface area contributed by atoms with Crippen LogP contribution in [0.2, 0.25) is 0 Å². The maximum Gasteiger partial charge on any atom is 0.271 e. The van der Waals surface area contributed by atoms with E-state index in [-0.39, 0.29) is 11.9 Å². The molecule has 18 heavy (non-hydrogen) atoms. The van der Waals surface area contributed by atoms with Crippen LogP contribution in [0.3, 0.4) is 0 Å². The molecule has 2 heterocycles. The molecule has 1 aromatic rings. The van der Waals surface area contributed by atoms with Crippen molar-refractivity contribution < 1.29 is 9.53 Å². The van der Waals surface area contributed by atoms with Gasteiger partial charge < -0.3 is 20.4 Å². The van der Waals surface area contributed by atoms with Crippen LogP contribution >= 0.6 is 0 Å². The molecule has 1 saturated heterocycles. The second kappa shape index (κ2) is 5.97. The molecule has 0 aliphatic carbocycles. The lowest BCUT2D eigenvalue weighted by atomic mass is 10.0. The number of amides is 1. The molecule has 1 aromatic heterocycles. The van der Waals surface area contributed by atoms with Crippen molar-refractivity contribution in [3.63, 3.8) is 0 Å². The van der Waals surface area contributed by atoms with Crippen LogP contribution in [-0.2, 0) is 11.3 Å². The van der Waals surface area contributed by atoms with E-state index in [1.807, 2.05) is 11.5 Å². The van der Waals surface area contributed by atoms with Crippen molar-refractivity contribution in [1.29, 1.82) is 0 Å². The minimum absolute atomic E-state index is 0.111. The first-order chi connectivity index (χ1) is 8.70. The standard InChI is InChI=1S/C12H20N4O2/c1-9(10-2-5-18-7-10)15-12(17)11-6-16(4-3-13)8-14-11/h6,8-10H,2-5,7,13H2,1H3,(H,15,17). The summed E-state index contributed by atoms with van der Waals surface area (Å²) in [6.45, 7) is 4.73. The Morgan fingerprint density at radius 2 is 2.61 bits per heavy atom. The molecule has 1 amide bonds. The van der Waals surface area contributed by atoms with Gasteiger partial charge in [0.2, 0.25) is 0 Å². The Hall–Kier alpha value is -1.40. The number of rotatable bonds is 5. The van der Waals surface area contributed by atoms with E-state index in [2.05, 4.69) is 10.3 Å². The molecule has 0 bridgehead atoms. The van der Waals surface area contributed by atoms with Gasteiger partial charge in [0.05, 0.1) is 12.9 Å². The largest absolute Gasteiger partial charge is 0.381 e. The van der Waals surface area contributed by atoms with Crippen LogP contribution in [0.5, 0.6) is 0 Å². The molecule has 6 heteroatoms. The summed E-state index contributed by atoms with van der Waals surface area (Å²) < 4.78 is 7.13. The van der Waals surface area contributed by atoms with Crippen molar-refractivity contribution in [2.45, 2.75) is 25.9 Å². The average molecular weight is 252 g/mol. The molecular weight excluding hydrogens is 232 g/mol. The minimum atomic E-state index is -0.134. The Balaban J connectivity index is 1.89. The normalized spacial score (nSPS) is 20.9. The Morgan fingerprint density at radius 1 is 1.78 bits per heavy atom. The topological polar surface area (TPSA) is 82.2 Å². The molecule has 100 valence electrons. The predicted octanol–water partition coefficient (Wildman–Crippen LogP) is -0.00340. The van der Waals surface area contributed by atoms with E-state index in [9.17, 15) is 4.79 Å². The average Bonchev–Trinajstić information content (AvgIpc) is 3.00. The fourth-order valence-corrected chi connectivity index (χ4v) is 2.09. The van der Waals surface area contributed by atoms with Gasteiger partial charge in [0.1, 0.15) is 5.69 Å². The molecule has 1 aliphatic heterocycles. The van der Waals surface area contributed by atoms with E-state index in [0.29, 0.717) is 24.7 Å². The summed E-state index contributed by atoms with van der Waals surface area (Å²) in [5, 5.41) is 2.97. The molecule has 6 nitrogen and oxygen atoms in total. The molecule has 1 fully saturated rings. The lowest BCUT2D eigenvalue weighted by Gasteiger charge is -2.18. The van der Waals surface area contributed by atoms with Crippen molar-refractivity contribution in [1.82, 2.24) is 14.9 Å². The Labute approximate surface area is 107 Å². The number of ether oxygens (including phenoxy) is 1. The fourth-order valence-electron chi connectivity index (χ4n) is 2.09. The zero-order chi connectivity index (χ0) is 13.0. The molecule has 0 aromatic carbocycles. The summed E-state index contributed by atoms with van der Waals surface area (Å²) in [7, 11) is 0. The molecule has 0 saturated carbocycles. The minimum Gasteiger partial charge on any atom is -0.381 e. The fraction of sp³-hybridized carbons (Fsp3) is 0.667. The molecule has 2 atom stereocenters. The van der Waals surface area contributed by atoms with E-state index >= 15 is 0 Å². The third-order valence-corrected chi connectivity index (χ3v) is 3.28. The first kappa shape index (κ1) is 13.0. The molecular formula is C12H20N4O2. The number of nitrogens with two attached hydrogens (primary N) is 1. The Bertz CT molecular complexity index is 399. The van der Waals surface area contributed by atoms with Crippen molar-refractivity contribution in [2.24, 2.45) is 11.7 Å². The van der Waals surface area contributed by atoms with E-state index in [1.165, 1.54) is 0 Å². The van der Waals surface area contributed by atoms with Crippen LogP contribution in [0.15, 0.2) is 12.5 Å². The highest BCUT2D eigenvalue weighted by Crippen LogP contribution is 2.16. The molecule has 1 aliphatic rings. The SMILES string of the molecule is CC(NC(=O)c1cn(CCN)cn1)C1CCOC1. The van der Waals surface area contributed by atoms with Gasteiger partial charge in [-0.1, -0.05) is 0 Å². The number of carbonyl (C=O) groups excluding carboxylic acids is 1. The Kier molecular flexibility index (Phi) is 4.33. The van der Waals surface area contributed by atoms with Crippen molar-refractivity contribution in [3.8, 4) is 0 Å². The van der Waals surface area contributed by atoms with E-state index in [1.54, 1.807) is 12.5 Å². The van der Waals surface area contributed by atoms with Gasteiger partial charge in [0.15, 0.2) is 0 Å². The molecule has 2 unspecified atom stereocenters. The van der Waals surface area contributed by atoms with E-state index in [0.717, 1.165) is 19.6 Å². The van der Waals surface area contributed by atoms with Gasteiger partial charge in [-0.25, -0.2) is 4.98 Å². The lowest BCUT2D eigenvalue weighted by Crippen LogP contribution is -2.38. The maximum atomic E-state index is 12.0. The molecule has 0 spiro atoms. The number of aromatic nitrogens is 2. The van der Waals surface area contributed by atoms with Gasteiger partial charge in [-0.3, -0.25) is 4.79 Å². The van der Waals surface area contributed by atoms with Crippen LogP contribution < -0.4 is 11.1 Å². The maximum absolute atomic E-state index is 12.0. The first-order valence-electron chi connectivity index (χ1n) is 6.31. The van der Waals surface area contributed by atoms with Crippen LogP contribution in [0.1, 0.15) is 23.8 Å². The Morgan fingerprint density at radius 3 is 3.28 bits per heavy atom. The second-order valence-corrected chi connectivity index (χ2v) is 4.67. The number of hydrogen-bond donors (Lipinski definition) is 2. The van der Waals surface area contributed by atoms with Gasteiger partial charge in [-0.05, 0) is 13.3 Å². The van der Waals surface area contributed by atoms with Gasteiger partial charge in [0, 0.05) is 37.9 Å². The molecule has 0 radical (unpaired) electrons. The third-order valence-electron chi connectivity index (χ3n) is 3.28. The zero-order valence-electron chi connectivity index (χ0n) is 10.6. The highest BCUT2D eigenvalue weighted by molar-refractivity contribution is 5.92. The highest BCUT2D eigenvalue weighted by Gasteiger charge is 2.24. The summed E-state index contributed by atoms with van der Waals surface area (Å²) in [6, 6.07) is 0.111. The third kappa shape index (κ3) is 3.08. The summed E-state index contributed by atoms with van der Waals surface area (Å²) in [4.78, 5) is 16.0. The summed E-state index contributed by atoms with van der Waals surface area (Å²) in [5.41, 5.74) is 5.89. The number of nitrogens with zero attached hydrogens (tertiary/aromatic N) is 2. The number of hydrogen-bond acceptors (Lipinski definition) is 4. The van der Waals surface area contributed by atoms with Crippen LogP contribution in [0.25, 0.3) is 0 Å². The van der Waals surface area contributed by atoms with Gasteiger partial charge >= 0.3 is 0 Å². The number of carbonyl (C=O) groups is 1. The van der Waals surface area contributed by atoms with Gasteiger partial charge in [0.25, 0.3) is 5.91 Å². The number of imidazole rings is 1. The van der Waals surface area contributed by atoms with Crippen LogP contribution in [0.4, 0.5) is 0 Å². The van der Waals surface area contributed by atoms with E-state index < -0.39 is 0 Å². The van der Waals surface area contributed by atoms with Crippen LogP contribution in [0, 0.1) is 5.92 Å². The van der Waals surface area contributed by atoms with Gasteiger partial charge in [-0.15, -0.1) is 0 Å². The summed E-state index contributed by atoms with van der Waals surface area (Å²) >= 11 is 0. The highest BCUT2D eigenvalue weighted by atomic mass is 16.5. The van der Waals surface area contributed by atoms with Crippen LogP contribution in [-0.4, -0.2) is 41.3 Å². The first-order valence-corrected chi connectivity index (χ1v) is 6.31. The number of nitrogens with one attached hydrogen (secondary N) is 1.